The second-order valence-corrected chi connectivity index (χ2v) is 9.72. The van der Waals surface area contributed by atoms with E-state index in [0.717, 1.165) is 22.3 Å². The van der Waals surface area contributed by atoms with Crippen molar-refractivity contribution in [3.63, 3.8) is 0 Å². The zero-order valence-electron chi connectivity index (χ0n) is 22.3. The van der Waals surface area contributed by atoms with Gasteiger partial charge in [-0.1, -0.05) is 121 Å². The predicted molar refractivity (Wildman–Crippen MR) is 151 cm³/mol. The van der Waals surface area contributed by atoms with Gasteiger partial charge in [0.25, 0.3) is 0 Å². The Morgan fingerprint density at radius 1 is 0.500 bits per heavy atom. The number of cyclic esters (lactones) is 1. The van der Waals surface area contributed by atoms with Crippen molar-refractivity contribution < 1.29 is 28.5 Å². The van der Waals surface area contributed by atoms with Crippen molar-refractivity contribution in [3.05, 3.63) is 144 Å². The molecule has 0 saturated carbocycles. The van der Waals surface area contributed by atoms with E-state index in [1.165, 1.54) is 0 Å². The van der Waals surface area contributed by atoms with Crippen LogP contribution in [0, 0.1) is 0 Å². The van der Waals surface area contributed by atoms with Gasteiger partial charge in [0.15, 0.2) is 12.2 Å². The van der Waals surface area contributed by atoms with Gasteiger partial charge in [-0.25, -0.2) is 4.79 Å². The number of carbonyl (C=O) groups excluding carboxylic acids is 1. The molecule has 0 amide bonds. The SMILES string of the molecule is O=C1O[C@H](COCc2ccccc2)[C@@H](OCc2ccccc2)[C@H](OCc2ccccc2)C1OCc1ccccc1. The summed E-state index contributed by atoms with van der Waals surface area (Å²) in [5, 5.41) is 0. The molecular weight excluding hydrogens is 504 g/mol. The predicted octanol–water partition coefficient (Wildman–Crippen LogP) is 5.88. The maximum absolute atomic E-state index is 13.4. The minimum Gasteiger partial charge on any atom is -0.455 e. The molecular formula is C34H34O6. The minimum atomic E-state index is -0.963. The number of rotatable bonds is 13. The summed E-state index contributed by atoms with van der Waals surface area (Å²) >= 11 is 0. The summed E-state index contributed by atoms with van der Waals surface area (Å²) in [7, 11) is 0. The van der Waals surface area contributed by atoms with Gasteiger partial charge >= 0.3 is 5.97 Å². The Bertz CT molecular complexity index is 1280. The third kappa shape index (κ3) is 7.87. The highest BCUT2D eigenvalue weighted by Gasteiger charge is 2.48. The Kier molecular flexibility index (Phi) is 10.1. The Labute approximate surface area is 235 Å². The molecule has 1 aliphatic rings. The highest BCUT2D eigenvalue weighted by Crippen LogP contribution is 2.28. The van der Waals surface area contributed by atoms with Gasteiger partial charge in [0.05, 0.1) is 33.0 Å². The smallest absolute Gasteiger partial charge is 0.338 e. The molecule has 1 aliphatic heterocycles. The number of hydrogen-bond acceptors (Lipinski definition) is 6. The average molecular weight is 539 g/mol. The molecule has 0 spiro atoms. The molecule has 5 rings (SSSR count). The second kappa shape index (κ2) is 14.5. The largest absolute Gasteiger partial charge is 0.455 e. The van der Waals surface area contributed by atoms with Crippen LogP contribution in [0.3, 0.4) is 0 Å². The zero-order chi connectivity index (χ0) is 27.4. The van der Waals surface area contributed by atoms with Gasteiger partial charge in [0, 0.05) is 0 Å². The van der Waals surface area contributed by atoms with Crippen molar-refractivity contribution in [1.82, 2.24) is 0 Å². The maximum atomic E-state index is 13.4. The Hall–Kier alpha value is -3.81. The standard InChI is InChI=1S/C34H34O6/c35-34-33(39-24-29-19-11-4-12-20-29)32(38-23-28-17-9-3-10-18-28)31(37-22-27-15-7-2-8-16-27)30(40-34)25-36-21-26-13-5-1-6-14-26/h1-20,30-33H,21-25H2/t30-,31-,32+,33?/m1/s1. The zero-order valence-corrected chi connectivity index (χ0v) is 22.3. The second-order valence-electron chi connectivity index (χ2n) is 9.72. The van der Waals surface area contributed by atoms with Crippen LogP contribution in [0.1, 0.15) is 22.3 Å². The lowest BCUT2D eigenvalue weighted by atomic mass is 9.98. The van der Waals surface area contributed by atoms with Crippen molar-refractivity contribution in [2.75, 3.05) is 6.61 Å². The molecule has 0 radical (unpaired) electrons. The number of esters is 1. The molecule has 4 aromatic rings. The number of carbonyl (C=O) groups is 1. The lowest BCUT2D eigenvalue weighted by Gasteiger charge is -2.41. The normalized spacial score (nSPS) is 20.6. The fraction of sp³-hybridized carbons (Fsp3) is 0.265. The molecule has 1 saturated heterocycles. The van der Waals surface area contributed by atoms with Gasteiger partial charge < -0.3 is 23.7 Å². The van der Waals surface area contributed by atoms with Crippen molar-refractivity contribution in [3.8, 4) is 0 Å². The average Bonchev–Trinajstić information content (AvgIpc) is 3.01. The van der Waals surface area contributed by atoms with Gasteiger partial charge in [-0.15, -0.1) is 0 Å². The molecule has 4 atom stereocenters. The highest BCUT2D eigenvalue weighted by molar-refractivity contribution is 5.77. The Morgan fingerprint density at radius 2 is 0.900 bits per heavy atom. The summed E-state index contributed by atoms with van der Waals surface area (Å²) < 4.78 is 31.0. The maximum Gasteiger partial charge on any atom is 0.338 e. The van der Waals surface area contributed by atoms with Gasteiger partial charge in [-0.2, -0.15) is 0 Å². The number of hydrogen-bond donors (Lipinski definition) is 0. The summed E-state index contributed by atoms with van der Waals surface area (Å²) in [6.07, 6.45) is -2.95. The third-order valence-corrected chi connectivity index (χ3v) is 6.73. The van der Waals surface area contributed by atoms with Crippen molar-refractivity contribution in [2.45, 2.75) is 50.8 Å². The van der Waals surface area contributed by atoms with Crippen molar-refractivity contribution in [2.24, 2.45) is 0 Å². The molecule has 6 nitrogen and oxygen atoms in total. The van der Waals surface area contributed by atoms with Crippen LogP contribution in [-0.2, 0) is 54.9 Å². The van der Waals surface area contributed by atoms with Crippen molar-refractivity contribution in [1.29, 1.82) is 0 Å². The van der Waals surface area contributed by atoms with E-state index in [4.69, 9.17) is 23.7 Å². The molecule has 4 aromatic carbocycles. The van der Waals surface area contributed by atoms with Gasteiger partial charge in [0.1, 0.15) is 12.2 Å². The van der Waals surface area contributed by atoms with E-state index in [1.807, 2.05) is 121 Å². The molecule has 40 heavy (non-hydrogen) atoms. The molecule has 0 aromatic heterocycles. The fourth-order valence-electron chi connectivity index (χ4n) is 4.64. The molecule has 0 aliphatic carbocycles. The van der Waals surface area contributed by atoms with E-state index in [-0.39, 0.29) is 13.2 Å². The number of benzene rings is 4. The molecule has 1 heterocycles. The molecule has 0 bridgehead atoms. The topological polar surface area (TPSA) is 63.2 Å². The van der Waals surface area contributed by atoms with Crippen LogP contribution < -0.4 is 0 Å². The van der Waals surface area contributed by atoms with E-state index >= 15 is 0 Å². The van der Waals surface area contributed by atoms with Crippen LogP contribution in [0.5, 0.6) is 0 Å². The first-order chi connectivity index (χ1) is 19.8. The first-order valence-corrected chi connectivity index (χ1v) is 13.5. The molecule has 6 heteroatoms. The van der Waals surface area contributed by atoms with Crippen LogP contribution in [0.4, 0.5) is 0 Å². The number of ether oxygens (including phenoxy) is 5. The minimum absolute atomic E-state index is 0.163. The van der Waals surface area contributed by atoms with Gasteiger partial charge in [-0.05, 0) is 22.3 Å². The van der Waals surface area contributed by atoms with E-state index in [9.17, 15) is 4.79 Å². The fourth-order valence-corrected chi connectivity index (χ4v) is 4.64. The highest BCUT2D eigenvalue weighted by atomic mass is 16.6. The summed E-state index contributed by atoms with van der Waals surface area (Å²) in [6.45, 7) is 1.43. The van der Waals surface area contributed by atoms with Crippen LogP contribution >= 0.6 is 0 Å². The van der Waals surface area contributed by atoms with E-state index in [1.54, 1.807) is 0 Å². The Balaban J connectivity index is 1.36. The van der Waals surface area contributed by atoms with Crippen molar-refractivity contribution >= 4 is 5.97 Å². The summed E-state index contributed by atoms with van der Waals surface area (Å²) in [5.74, 6) is -0.484. The summed E-state index contributed by atoms with van der Waals surface area (Å²) in [5.41, 5.74) is 3.98. The quantitative estimate of drug-likeness (QED) is 0.198. The van der Waals surface area contributed by atoms with Crippen LogP contribution in [0.2, 0.25) is 0 Å². The monoisotopic (exact) mass is 538 g/mol. The molecule has 206 valence electrons. The molecule has 1 fully saturated rings. The van der Waals surface area contributed by atoms with E-state index in [2.05, 4.69) is 0 Å². The summed E-state index contributed by atoms with van der Waals surface area (Å²) in [6, 6.07) is 39.4. The van der Waals surface area contributed by atoms with Gasteiger partial charge in [-0.3, -0.25) is 0 Å². The van der Waals surface area contributed by atoms with E-state index < -0.39 is 30.4 Å². The first kappa shape index (κ1) is 27.7. The molecule has 1 unspecified atom stereocenters. The lowest BCUT2D eigenvalue weighted by molar-refractivity contribution is -0.239. The van der Waals surface area contributed by atoms with Crippen LogP contribution in [0.15, 0.2) is 121 Å². The third-order valence-electron chi connectivity index (χ3n) is 6.73. The van der Waals surface area contributed by atoms with Gasteiger partial charge in [0.2, 0.25) is 0 Å². The van der Waals surface area contributed by atoms with Crippen LogP contribution in [-0.4, -0.2) is 37.0 Å². The Morgan fingerprint density at radius 3 is 1.38 bits per heavy atom. The summed E-state index contributed by atoms with van der Waals surface area (Å²) in [4.78, 5) is 13.4. The van der Waals surface area contributed by atoms with E-state index in [0.29, 0.717) is 19.8 Å². The van der Waals surface area contributed by atoms with Crippen LogP contribution in [0.25, 0.3) is 0 Å². The molecule has 0 N–H and O–H groups in total. The first-order valence-electron chi connectivity index (χ1n) is 13.5. The lowest BCUT2D eigenvalue weighted by Crippen LogP contribution is -2.59.